The Morgan fingerprint density at radius 1 is 1.33 bits per heavy atom. The minimum absolute atomic E-state index is 0.139. The van der Waals surface area contributed by atoms with Gasteiger partial charge in [0, 0.05) is 17.9 Å². The number of fused-ring (bicyclic) bond motifs is 1. The zero-order valence-corrected chi connectivity index (χ0v) is 15.1. The summed E-state index contributed by atoms with van der Waals surface area (Å²) in [5.41, 5.74) is 1.80. The molecular formula is C15H22N6O2S. The van der Waals surface area contributed by atoms with Gasteiger partial charge in [0.25, 0.3) is 5.78 Å². The van der Waals surface area contributed by atoms with Crippen LogP contribution in [0, 0.1) is 13.8 Å². The van der Waals surface area contributed by atoms with Crippen LogP contribution in [0.25, 0.3) is 5.78 Å². The van der Waals surface area contributed by atoms with Crippen molar-refractivity contribution in [3.8, 4) is 0 Å². The van der Waals surface area contributed by atoms with Crippen molar-refractivity contribution in [3.05, 3.63) is 17.5 Å². The third-order valence-electron chi connectivity index (χ3n) is 3.25. The van der Waals surface area contributed by atoms with E-state index in [2.05, 4.69) is 25.7 Å². The molecule has 0 bridgehead atoms. The standard InChI is InChI=1S/C15H22N6O2S/c1-5-6-16-13(23)11(4)18-12(22)8-24-15-19-14-17-9(2)7-10(3)21(14)20-15/h7,11H,5-6,8H2,1-4H3,(H,16,23)(H,18,22)/t11-/m1/s1. The summed E-state index contributed by atoms with van der Waals surface area (Å²) in [6.07, 6.45) is 0.856. The third kappa shape index (κ3) is 4.67. The molecule has 0 spiro atoms. The number of nitrogens with one attached hydrogen (secondary N) is 2. The molecule has 2 amide bonds. The minimum Gasteiger partial charge on any atom is -0.354 e. The molecular weight excluding hydrogens is 328 g/mol. The summed E-state index contributed by atoms with van der Waals surface area (Å²) in [5, 5.41) is 10.2. The first-order chi connectivity index (χ1) is 11.4. The first-order valence-electron chi connectivity index (χ1n) is 7.81. The minimum atomic E-state index is -0.565. The highest BCUT2D eigenvalue weighted by molar-refractivity contribution is 7.99. The fraction of sp³-hybridized carbons (Fsp3) is 0.533. The van der Waals surface area contributed by atoms with Crippen molar-refractivity contribution >= 4 is 29.4 Å². The number of aryl methyl sites for hydroxylation is 2. The number of hydrogen-bond acceptors (Lipinski definition) is 6. The van der Waals surface area contributed by atoms with Gasteiger partial charge in [0.2, 0.25) is 17.0 Å². The summed E-state index contributed by atoms with van der Waals surface area (Å²) in [6, 6.07) is 1.35. The molecule has 0 aliphatic heterocycles. The van der Waals surface area contributed by atoms with E-state index >= 15 is 0 Å². The predicted molar refractivity (Wildman–Crippen MR) is 91.9 cm³/mol. The van der Waals surface area contributed by atoms with Gasteiger partial charge in [0.1, 0.15) is 6.04 Å². The molecule has 0 aliphatic carbocycles. The quantitative estimate of drug-likeness (QED) is 0.719. The number of hydrogen-bond donors (Lipinski definition) is 2. The average Bonchev–Trinajstić information content (AvgIpc) is 2.93. The van der Waals surface area contributed by atoms with Crippen LogP contribution < -0.4 is 10.6 Å². The van der Waals surface area contributed by atoms with E-state index in [-0.39, 0.29) is 17.6 Å². The highest BCUT2D eigenvalue weighted by Gasteiger charge is 2.16. The molecule has 2 rings (SSSR count). The predicted octanol–water partition coefficient (Wildman–Crippen LogP) is 0.864. The summed E-state index contributed by atoms with van der Waals surface area (Å²) < 4.78 is 1.65. The maximum Gasteiger partial charge on any atom is 0.253 e. The summed E-state index contributed by atoms with van der Waals surface area (Å²) in [6.45, 7) is 8.05. The zero-order valence-electron chi connectivity index (χ0n) is 14.3. The van der Waals surface area contributed by atoms with E-state index in [9.17, 15) is 9.59 Å². The van der Waals surface area contributed by atoms with Gasteiger partial charge in [0.05, 0.1) is 5.75 Å². The number of carbonyl (C=O) groups is 2. The molecule has 9 heteroatoms. The lowest BCUT2D eigenvalue weighted by Crippen LogP contribution is -2.45. The lowest BCUT2D eigenvalue weighted by atomic mass is 10.3. The number of aromatic nitrogens is 4. The SMILES string of the molecule is CCCNC(=O)[C@@H](C)NC(=O)CSc1nc2nc(C)cc(C)n2n1. The van der Waals surface area contributed by atoms with E-state index in [1.807, 2.05) is 26.8 Å². The maximum absolute atomic E-state index is 12.0. The number of amides is 2. The van der Waals surface area contributed by atoms with Crippen molar-refractivity contribution in [2.45, 2.75) is 45.3 Å². The van der Waals surface area contributed by atoms with Crippen LogP contribution in [-0.2, 0) is 9.59 Å². The van der Waals surface area contributed by atoms with Crippen molar-refractivity contribution in [1.29, 1.82) is 0 Å². The molecule has 2 heterocycles. The Labute approximate surface area is 144 Å². The average molecular weight is 350 g/mol. The monoisotopic (exact) mass is 350 g/mol. The van der Waals surface area contributed by atoms with Crippen molar-refractivity contribution in [2.24, 2.45) is 0 Å². The number of rotatable bonds is 7. The van der Waals surface area contributed by atoms with Gasteiger partial charge in [0.15, 0.2) is 0 Å². The van der Waals surface area contributed by atoms with Crippen LogP contribution in [0.3, 0.4) is 0 Å². The molecule has 2 N–H and O–H groups in total. The zero-order chi connectivity index (χ0) is 17.7. The summed E-state index contributed by atoms with van der Waals surface area (Å²) >= 11 is 1.21. The van der Waals surface area contributed by atoms with Crippen molar-refractivity contribution in [1.82, 2.24) is 30.2 Å². The van der Waals surface area contributed by atoms with Crippen LogP contribution in [0.15, 0.2) is 11.2 Å². The Hall–Kier alpha value is -2.16. The molecule has 2 aromatic rings. The van der Waals surface area contributed by atoms with E-state index in [4.69, 9.17) is 0 Å². The molecule has 0 aliphatic rings. The van der Waals surface area contributed by atoms with Crippen LogP contribution in [0.1, 0.15) is 31.7 Å². The van der Waals surface area contributed by atoms with Gasteiger partial charge >= 0.3 is 0 Å². The Balaban J connectivity index is 1.90. The van der Waals surface area contributed by atoms with Gasteiger partial charge in [-0.15, -0.1) is 5.10 Å². The molecule has 8 nitrogen and oxygen atoms in total. The first kappa shape index (κ1) is 18.2. The second kappa shape index (κ2) is 8.09. The highest BCUT2D eigenvalue weighted by Crippen LogP contribution is 2.15. The summed E-state index contributed by atoms with van der Waals surface area (Å²) in [7, 11) is 0. The Morgan fingerprint density at radius 3 is 2.79 bits per heavy atom. The van der Waals surface area contributed by atoms with Crippen molar-refractivity contribution < 1.29 is 9.59 Å². The van der Waals surface area contributed by atoms with Gasteiger partial charge < -0.3 is 10.6 Å². The molecule has 0 saturated heterocycles. The number of carbonyl (C=O) groups excluding carboxylic acids is 2. The summed E-state index contributed by atoms with van der Waals surface area (Å²) in [4.78, 5) is 32.3. The fourth-order valence-corrected chi connectivity index (χ4v) is 2.72. The second-order valence-corrected chi connectivity index (χ2v) is 6.46. The van der Waals surface area contributed by atoms with E-state index in [1.54, 1.807) is 11.4 Å². The smallest absolute Gasteiger partial charge is 0.253 e. The largest absolute Gasteiger partial charge is 0.354 e. The van der Waals surface area contributed by atoms with E-state index < -0.39 is 6.04 Å². The Bertz CT molecular complexity index is 745. The van der Waals surface area contributed by atoms with Crippen LogP contribution >= 0.6 is 11.8 Å². The topological polar surface area (TPSA) is 101 Å². The van der Waals surface area contributed by atoms with Gasteiger partial charge in [-0.3, -0.25) is 9.59 Å². The third-order valence-corrected chi connectivity index (χ3v) is 4.09. The lowest BCUT2D eigenvalue weighted by molar-refractivity contribution is -0.127. The van der Waals surface area contributed by atoms with Crippen LogP contribution in [0.5, 0.6) is 0 Å². The molecule has 1 atom stereocenters. The molecule has 0 radical (unpaired) electrons. The molecule has 0 saturated carbocycles. The van der Waals surface area contributed by atoms with E-state index in [0.29, 0.717) is 17.5 Å². The first-order valence-corrected chi connectivity index (χ1v) is 8.80. The van der Waals surface area contributed by atoms with Crippen LogP contribution in [-0.4, -0.2) is 49.7 Å². The molecule has 0 aromatic carbocycles. The molecule has 2 aromatic heterocycles. The Kier molecular flexibility index (Phi) is 6.13. The summed E-state index contributed by atoms with van der Waals surface area (Å²) in [5.74, 6) is 0.235. The van der Waals surface area contributed by atoms with Crippen LogP contribution in [0.4, 0.5) is 0 Å². The normalized spacial score (nSPS) is 12.2. The van der Waals surface area contributed by atoms with Crippen LogP contribution in [0.2, 0.25) is 0 Å². The number of nitrogens with zero attached hydrogens (tertiary/aromatic N) is 4. The van der Waals surface area contributed by atoms with E-state index in [1.165, 1.54) is 11.8 Å². The molecule has 24 heavy (non-hydrogen) atoms. The van der Waals surface area contributed by atoms with Gasteiger partial charge in [-0.25, -0.2) is 9.50 Å². The van der Waals surface area contributed by atoms with Crippen molar-refractivity contribution in [3.63, 3.8) is 0 Å². The lowest BCUT2D eigenvalue weighted by Gasteiger charge is -2.13. The van der Waals surface area contributed by atoms with Gasteiger partial charge in [-0.2, -0.15) is 4.98 Å². The van der Waals surface area contributed by atoms with Gasteiger partial charge in [-0.1, -0.05) is 18.7 Å². The molecule has 0 unspecified atom stereocenters. The molecule has 130 valence electrons. The highest BCUT2D eigenvalue weighted by atomic mass is 32.2. The van der Waals surface area contributed by atoms with Crippen molar-refractivity contribution in [2.75, 3.05) is 12.3 Å². The van der Waals surface area contributed by atoms with Gasteiger partial charge in [-0.05, 0) is 33.3 Å². The Morgan fingerprint density at radius 2 is 2.08 bits per heavy atom. The fourth-order valence-electron chi connectivity index (χ4n) is 2.09. The molecule has 0 fully saturated rings. The van der Waals surface area contributed by atoms with E-state index in [0.717, 1.165) is 17.8 Å². The number of thioether (sulfide) groups is 1. The second-order valence-electron chi connectivity index (χ2n) is 5.51. The maximum atomic E-state index is 12.0.